The number of aliphatic hydroxyl groups is 1. The summed E-state index contributed by atoms with van der Waals surface area (Å²) in [6.45, 7) is 0. The highest BCUT2D eigenvalue weighted by molar-refractivity contribution is 6.30. The van der Waals surface area contributed by atoms with Crippen LogP contribution in [0.25, 0.3) is 0 Å². The number of fused-ring (bicyclic) bond motifs is 1. The fourth-order valence-corrected chi connectivity index (χ4v) is 3.25. The summed E-state index contributed by atoms with van der Waals surface area (Å²) in [4.78, 5) is 0. The summed E-state index contributed by atoms with van der Waals surface area (Å²) < 4.78 is 5.35. The molecule has 2 aromatic carbocycles. The number of hydrogen-bond acceptors (Lipinski definition) is 2. The number of ether oxygens (including phenoxy) is 1. The third-order valence-corrected chi connectivity index (χ3v) is 4.31. The van der Waals surface area contributed by atoms with Crippen molar-refractivity contribution in [3.8, 4) is 5.75 Å². The fraction of sp³-hybridized carbons (Fsp3) is 0.294. The van der Waals surface area contributed by atoms with Gasteiger partial charge in [-0.2, -0.15) is 0 Å². The number of methoxy groups -OCH3 is 1. The Hall–Kier alpha value is -1.51. The molecule has 0 spiro atoms. The first-order valence-corrected chi connectivity index (χ1v) is 7.18. The van der Waals surface area contributed by atoms with Gasteiger partial charge in [-0.25, -0.2) is 0 Å². The zero-order valence-electron chi connectivity index (χ0n) is 11.3. The van der Waals surface area contributed by atoms with Crippen LogP contribution in [0, 0.1) is 0 Å². The molecule has 3 rings (SSSR count). The topological polar surface area (TPSA) is 29.5 Å². The van der Waals surface area contributed by atoms with E-state index in [2.05, 4.69) is 12.1 Å². The average Bonchev–Trinajstić information content (AvgIpc) is 2.90. The molecule has 20 heavy (non-hydrogen) atoms. The monoisotopic (exact) mass is 288 g/mol. The van der Waals surface area contributed by atoms with Crippen LogP contribution in [-0.2, 0) is 6.42 Å². The van der Waals surface area contributed by atoms with Crippen molar-refractivity contribution in [2.45, 2.75) is 24.9 Å². The van der Waals surface area contributed by atoms with Gasteiger partial charge in [0.25, 0.3) is 0 Å². The van der Waals surface area contributed by atoms with E-state index in [0.717, 1.165) is 18.4 Å². The predicted octanol–water partition coefficient (Wildman–Crippen LogP) is 4.11. The molecule has 2 nitrogen and oxygen atoms in total. The summed E-state index contributed by atoms with van der Waals surface area (Å²) in [5.41, 5.74) is 3.33. The Kier molecular flexibility index (Phi) is 3.68. The van der Waals surface area contributed by atoms with Crippen LogP contribution < -0.4 is 4.74 Å². The summed E-state index contributed by atoms with van der Waals surface area (Å²) >= 11 is 6.06. The van der Waals surface area contributed by atoms with E-state index in [1.165, 1.54) is 11.1 Å². The molecule has 0 heterocycles. The van der Waals surface area contributed by atoms with Gasteiger partial charge in [0.1, 0.15) is 5.75 Å². The minimum atomic E-state index is -0.590. The molecule has 0 aliphatic heterocycles. The van der Waals surface area contributed by atoms with Gasteiger partial charge in [-0.05, 0) is 42.2 Å². The van der Waals surface area contributed by atoms with Crippen molar-refractivity contribution in [2.24, 2.45) is 0 Å². The molecule has 0 saturated heterocycles. The van der Waals surface area contributed by atoms with Crippen LogP contribution in [0.15, 0.2) is 42.5 Å². The molecule has 104 valence electrons. The SMILES string of the molecule is COc1ccc(Cl)cc1C(O)C1CCc2ccccc21. The molecule has 2 aromatic rings. The zero-order valence-corrected chi connectivity index (χ0v) is 12.1. The molecule has 0 bridgehead atoms. The van der Waals surface area contributed by atoms with Crippen LogP contribution >= 0.6 is 11.6 Å². The Balaban J connectivity index is 1.98. The molecule has 2 atom stereocenters. The Morgan fingerprint density at radius 2 is 2.05 bits per heavy atom. The van der Waals surface area contributed by atoms with Crippen molar-refractivity contribution in [3.05, 3.63) is 64.2 Å². The molecule has 1 aliphatic rings. The van der Waals surface area contributed by atoms with Gasteiger partial charge in [-0.15, -0.1) is 0 Å². The van der Waals surface area contributed by atoms with Crippen LogP contribution in [0.4, 0.5) is 0 Å². The van der Waals surface area contributed by atoms with E-state index in [-0.39, 0.29) is 5.92 Å². The van der Waals surface area contributed by atoms with Crippen LogP contribution in [-0.4, -0.2) is 12.2 Å². The third-order valence-electron chi connectivity index (χ3n) is 4.07. The summed E-state index contributed by atoms with van der Waals surface area (Å²) in [6.07, 6.45) is 1.38. The normalized spacial score (nSPS) is 18.6. The van der Waals surface area contributed by atoms with E-state index in [9.17, 15) is 5.11 Å². The molecular formula is C17H17ClO2. The summed E-state index contributed by atoms with van der Waals surface area (Å²) in [5, 5.41) is 11.4. The maximum absolute atomic E-state index is 10.8. The van der Waals surface area contributed by atoms with Gasteiger partial charge in [0, 0.05) is 16.5 Å². The molecule has 0 fully saturated rings. The maximum Gasteiger partial charge on any atom is 0.124 e. The minimum Gasteiger partial charge on any atom is -0.496 e. The highest BCUT2D eigenvalue weighted by atomic mass is 35.5. The number of benzene rings is 2. The largest absolute Gasteiger partial charge is 0.496 e. The van der Waals surface area contributed by atoms with E-state index in [4.69, 9.17) is 16.3 Å². The Morgan fingerprint density at radius 3 is 2.85 bits per heavy atom. The molecule has 0 amide bonds. The molecule has 0 aromatic heterocycles. The predicted molar refractivity (Wildman–Crippen MR) is 80.5 cm³/mol. The molecule has 2 unspecified atom stereocenters. The number of aliphatic hydroxyl groups excluding tert-OH is 1. The van der Waals surface area contributed by atoms with Crippen molar-refractivity contribution in [1.82, 2.24) is 0 Å². The first kappa shape index (κ1) is 13.5. The standard InChI is InChI=1S/C17H17ClO2/c1-20-16-9-7-12(18)10-15(16)17(19)14-8-6-11-4-2-3-5-13(11)14/h2-5,7,9-10,14,17,19H,6,8H2,1H3. The molecule has 1 aliphatic carbocycles. The summed E-state index contributed by atoms with van der Waals surface area (Å²) in [7, 11) is 1.61. The number of rotatable bonds is 3. The van der Waals surface area contributed by atoms with Gasteiger partial charge < -0.3 is 9.84 Å². The van der Waals surface area contributed by atoms with Gasteiger partial charge in [0.15, 0.2) is 0 Å². The lowest BCUT2D eigenvalue weighted by molar-refractivity contribution is 0.141. The number of hydrogen-bond donors (Lipinski definition) is 1. The first-order valence-electron chi connectivity index (χ1n) is 6.80. The molecule has 3 heteroatoms. The van der Waals surface area contributed by atoms with E-state index in [0.29, 0.717) is 10.8 Å². The maximum atomic E-state index is 10.8. The molecule has 1 N–H and O–H groups in total. The van der Waals surface area contributed by atoms with E-state index < -0.39 is 6.10 Å². The van der Waals surface area contributed by atoms with Crippen molar-refractivity contribution >= 4 is 11.6 Å². The van der Waals surface area contributed by atoms with Crippen LogP contribution in [0.2, 0.25) is 5.02 Å². The van der Waals surface area contributed by atoms with Gasteiger partial charge in [0.05, 0.1) is 13.2 Å². The first-order chi connectivity index (χ1) is 9.70. The molecular weight excluding hydrogens is 272 g/mol. The lowest BCUT2D eigenvalue weighted by Crippen LogP contribution is -2.09. The van der Waals surface area contributed by atoms with Crippen LogP contribution in [0.3, 0.4) is 0 Å². The minimum absolute atomic E-state index is 0.110. The highest BCUT2D eigenvalue weighted by Gasteiger charge is 2.30. The van der Waals surface area contributed by atoms with Crippen molar-refractivity contribution in [1.29, 1.82) is 0 Å². The quantitative estimate of drug-likeness (QED) is 0.921. The second-order valence-electron chi connectivity index (χ2n) is 5.18. The third kappa shape index (κ3) is 2.30. The summed E-state index contributed by atoms with van der Waals surface area (Å²) in [6, 6.07) is 13.7. The second-order valence-corrected chi connectivity index (χ2v) is 5.61. The van der Waals surface area contributed by atoms with Crippen LogP contribution in [0.5, 0.6) is 5.75 Å². The van der Waals surface area contributed by atoms with Crippen molar-refractivity contribution in [2.75, 3.05) is 7.11 Å². The van der Waals surface area contributed by atoms with Crippen LogP contribution in [0.1, 0.15) is 35.1 Å². The van der Waals surface area contributed by atoms with Gasteiger partial charge in [0.2, 0.25) is 0 Å². The van der Waals surface area contributed by atoms with Crippen molar-refractivity contribution < 1.29 is 9.84 Å². The van der Waals surface area contributed by atoms with E-state index in [1.807, 2.05) is 18.2 Å². The van der Waals surface area contributed by atoms with Crippen molar-refractivity contribution in [3.63, 3.8) is 0 Å². The second kappa shape index (κ2) is 5.47. The molecule has 0 radical (unpaired) electrons. The number of halogens is 1. The Bertz CT molecular complexity index is 624. The number of aryl methyl sites for hydroxylation is 1. The zero-order chi connectivity index (χ0) is 14.1. The van der Waals surface area contributed by atoms with E-state index in [1.54, 1.807) is 19.2 Å². The Morgan fingerprint density at radius 1 is 1.25 bits per heavy atom. The lowest BCUT2D eigenvalue weighted by Gasteiger charge is -2.22. The van der Waals surface area contributed by atoms with Gasteiger partial charge >= 0.3 is 0 Å². The fourth-order valence-electron chi connectivity index (χ4n) is 3.07. The smallest absolute Gasteiger partial charge is 0.124 e. The molecule has 0 saturated carbocycles. The van der Waals surface area contributed by atoms with Gasteiger partial charge in [-0.1, -0.05) is 35.9 Å². The summed E-state index contributed by atoms with van der Waals surface area (Å²) in [5.74, 6) is 0.796. The van der Waals surface area contributed by atoms with E-state index >= 15 is 0 Å². The van der Waals surface area contributed by atoms with Gasteiger partial charge in [-0.3, -0.25) is 0 Å². The average molecular weight is 289 g/mol. The highest BCUT2D eigenvalue weighted by Crippen LogP contribution is 2.44. The lowest BCUT2D eigenvalue weighted by atomic mass is 9.90. The Labute approximate surface area is 124 Å².